The Bertz CT molecular complexity index is 1100. The number of carbonyl (C=O) groups excluding carboxylic acids is 2. The van der Waals surface area contributed by atoms with Crippen LogP contribution in [0.1, 0.15) is 296 Å². The molecule has 0 aromatic rings. The van der Waals surface area contributed by atoms with Crippen molar-refractivity contribution in [1.29, 1.82) is 0 Å². The first-order valence-electron chi connectivity index (χ1n) is 29.2. The van der Waals surface area contributed by atoms with Crippen molar-refractivity contribution in [3.05, 3.63) is 12.2 Å². The van der Waals surface area contributed by atoms with Gasteiger partial charge in [0.25, 0.3) is 0 Å². The lowest BCUT2D eigenvalue weighted by Crippen LogP contribution is -2.50. The molecule has 2 unspecified atom stereocenters. The third kappa shape index (κ3) is 48.9. The molecule has 0 aliphatic heterocycles. The Morgan fingerprint density at radius 1 is 0.433 bits per heavy atom. The predicted octanol–water partition coefficient (Wildman–Crippen LogP) is 17.4. The topological polar surface area (TPSA) is 99.1 Å². The van der Waals surface area contributed by atoms with Gasteiger partial charge in [0.05, 0.1) is 34.4 Å². The van der Waals surface area contributed by atoms with E-state index in [1.807, 2.05) is 21.1 Å². The minimum atomic E-state index is -0.869. The average Bonchev–Trinajstić information content (AvgIpc) is 3.29. The number of allylic oxidation sites excluding steroid dienone is 2. The number of carbonyl (C=O) groups is 3. The first kappa shape index (κ1) is 65.1. The van der Waals surface area contributed by atoms with Crippen molar-refractivity contribution in [3.63, 3.8) is 0 Å². The SMILES string of the molecule is CCCCCCCC/C=C\CCCCCCCCCCCC(=O)OC(COCCC(C(=O)O)[N+](C)(C)C)COC(=O)CCCCCCCCCCCCCCCCCCCCCCCCCC. The van der Waals surface area contributed by atoms with E-state index >= 15 is 0 Å². The van der Waals surface area contributed by atoms with Crippen molar-refractivity contribution in [3.8, 4) is 0 Å². The smallest absolute Gasteiger partial charge is 0.362 e. The summed E-state index contributed by atoms with van der Waals surface area (Å²) in [6, 6.07) is -0.612. The number of aliphatic carboxylic acids is 1. The van der Waals surface area contributed by atoms with Gasteiger partial charge in [-0.1, -0.05) is 251 Å². The number of quaternary nitrogens is 1. The molecule has 67 heavy (non-hydrogen) atoms. The zero-order valence-electron chi connectivity index (χ0n) is 45.4. The second-order valence-corrected chi connectivity index (χ2v) is 21.3. The van der Waals surface area contributed by atoms with E-state index in [1.54, 1.807) is 0 Å². The molecule has 0 amide bonds. The Balaban J connectivity index is 4.10. The summed E-state index contributed by atoms with van der Waals surface area (Å²) in [6.07, 6.45) is 58.5. The van der Waals surface area contributed by atoms with Crippen LogP contribution >= 0.6 is 0 Å². The van der Waals surface area contributed by atoms with Crippen LogP contribution in [0.25, 0.3) is 0 Å². The molecule has 0 bridgehead atoms. The van der Waals surface area contributed by atoms with Crippen LogP contribution in [0.15, 0.2) is 12.2 Å². The highest BCUT2D eigenvalue weighted by Crippen LogP contribution is 2.18. The molecule has 1 N–H and O–H groups in total. The van der Waals surface area contributed by atoms with Gasteiger partial charge in [0.2, 0.25) is 0 Å². The number of unbranched alkanes of at least 4 members (excludes halogenated alkanes) is 38. The lowest BCUT2D eigenvalue weighted by atomic mass is 10.0. The molecule has 0 saturated carbocycles. The second kappa shape index (κ2) is 50.5. The van der Waals surface area contributed by atoms with Crippen LogP contribution in [0.2, 0.25) is 0 Å². The fraction of sp³-hybridized carbons (Fsp3) is 0.915. The van der Waals surface area contributed by atoms with E-state index in [0.29, 0.717) is 19.3 Å². The monoisotopic (exact) mass is 949 g/mol. The van der Waals surface area contributed by atoms with Crippen molar-refractivity contribution in [2.24, 2.45) is 0 Å². The molecule has 0 radical (unpaired) electrons. The molecule has 396 valence electrons. The molecule has 0 aliphatic rings. The van der Waals surface area contributed by atoms with Gasteiger partial charge in [0.15, 0.2) is 12.1 Å². The molecule has 0 rings (SSSR count). The quantitative estimate of drug-likeness (QED) is 0.0281. The predicted molar refractivity (Wildman–Crippen MR) is 285 cm³/mol. The molecular formula is C59H114NO7+. The highest BCUT2D eigenvalue weighted by atomic mass is 16.6. The van der Waals surface area contributed by atoms with Gasteiger partial charge in [-0.05, 0) is 38.5 Å². The molecule has 8 nitrogen and oxygen atoms in total. The molecule has 8 heteroatoms. The number of likely N-dealkylation sites (N-methyl/N-ethyl adjacent to an activating group) is 1. The van der Waals surface area contributed by atoms with E-state index < -0.39 is 18.1 Å². The Labute approximate surface area is 416 Å². The number of ether oxygens (including phenoxy) is 3. The van der Waals surface area contributed by atoms with Gasteiger partial charge >= 0.3 is 17.9 Å². The van der Waals surface area contributed by atoms with Crippen LogP contribution in [-0.2, 0) is 28.6 Å². The Kier molecular flexibility index (Phi) is 49.0. The third-order valence-corrected chi connectivity index (χ3v) is 13.7. The van der Waals surface area contributed by atoms with Crippen molar-refractivity contribution in [2.75, 3.05) is 41.0 Å². The van der Waals surface area contributed by atoms with Gasteiger partial charge in [0, 0.05) is 19.3 Å². The largest absolute Gasteiger partial charge is 0.477 e. The number of hydrogen-bond acceptors (Lipinski definition) is 6. The Hall–Kier alpha value is -1.93. The lowest BCUT2D eigenvalue weighted by molar-refractivity contribution is -0.887. The summed E-state index contributed by atoms with van der Waals surface area (Å²) < 4.78 is 17.4. The molecule has 0 aromatic heterocycles. The number of carboxylic acid groups (broad SMARTS) is 1. The maximum absolute atomic E-state index is 12.8. The van der Waals surface area contributed by atoms with Crippen LogP contribution in [-0.4, -0.2) is 80.6 Å². The summed E-state index contributed by atoms with van der Waals surface area (Å²) in [5, 5.41) is 9.68. The summed E-state index contributed by atoms with van der Waals surface area (Å²) in [7, 11) is 5.56. The number of nitrogens with zero attached hydrogens (tertiary/aromatic N) is 1. The van der Waals surface area contributed by atoms with Crippen LogP contribution < -0.4 is 0 Å². The zero-order valence-corrected chi connectivity index (χ0v) is 45.4. The van der Waals surface area contributed by atoms with Crippen LogP contribution in [0, 0.1) is 0 Å². The molecular weight excluding hydrogens is 835 g/mol. The van der Waals surface area contributed by atoms with E-state index in [-0.39, 0.29) is 36.2 Å². The minimum absolute atomic E-state index is 0.0445. The second-order valence-electron chi connectivity index (χ2n) is 21.3. The summed E-state index contributed by atoms with van der Waals surface area (Å²) >= 11 is 0. The van der Waals surface area contributed by atoms with Gasteiger partial charge in [-0.2, -0.15) is 0 Å². The fourth-order valence-electron chi connectivity index (χ4n) is 9.15. The van der Waals surface area contributed by atoms with E-state index in [2.05, 4.69) is 26.0 Å². The zero-order chi connectivity index (χ0) is 49.2. The van der Waals surface area contributed by atoms with Crippen LogP contribution in [0.3, 0.4) is 0 Å². The van der Waals surface area contributed by atoms with Crippen molar-refractivity contribution >= 4 is 17.9 Å². The standard InChI is InChI=1S/C59H113NO7/c1-6-8-10-12-14-16-18-20-22-24-26-27-28-29-30-32-33-35-37-39-41-43-45-47-49-57(61)66-54-55(53-65-52-51-56(59(63)64)60(3,4)5)67-58(62)50-48-46-44-42-40-38-36-34-31-25-23-21-19-17-15-13-11-9-7-2/h21,23,55-56H,6-20,22,24-54H2,1-5H3/p+1/b23-21-. The number of carboxylic acids is 1. The molecule has 0 spiro atoms. The van der Waals surface area contributed by atoms with E-state index in [9.17, 15) is 19.5 Å². The first-order valence-corrected chi connectivity index (χ1v) is 29.2. The minimum Gasteiger partial charge on any atom is -0.477 e. The van der Waals surface area contributed by atoms with Gasteiger partial charge in [0.1, 0.15) is 6.61 Å². The van der Waals surface area contributed by atoms with Crippen molar-refractivity contribution in [1.82, 2.24) is 0 Å². The average molecular weight is 950 g/mol. The van der Waals surface area contributed by atoms with E-state index in [0.717, 1.165) is 38.5 Å². The summed E-state index contributed by atoms with van der Waals surface area (Å²) in [4.78, 5) is 37.3. The maximum atomic E-state index is 12.8. The number of hydrogen-bond donors (Lipinski definition) is 1. The highest BCUT2D eigenvalue weighted by Gasteiger charge is 2.31. The lowest BCUT2D eigenvalue weighted by Gasteiger charge is -2.31. The Morgan fingerprint density at radius 2 is 0.746 bits per heavy atom. The summed E-state index contributed by atoms with van der Waals surface area (Å²) in [5.74, 6) is -1.44. The van der Waals surface area contributed by atoms with Gasteiger partial charge in [-0.15, -0.1) is 0 Å². The molecule has 0 aliphatic carbocycles. The normalized spacial score (nSPS) is 12.8. The molecule has 2 atom stereocenters. The van der Waals surface area contributed by atoms with Gasteiger partial charge < -0.3 is 23.8 Å². The van der Waals surface area contributed by atoms with E-state index in [4.69, 9.17) is 14.2 Å². The third-order valence-electron chi connectivity index (χ3n) is 13.7. The highest BCUT2D eigenvalue weighted by molar-refractivity contribution is 5.72. The van der Waals surface area contributed by atoms with Crippen molar-refractivity contribution in [2.45, 2.75) is 309 Å². The van der Waals surface area contributed by atoms with Crippen LogP contribution in [0.4, 0.5) is 0 Å². The van der Waals surface area contributed by atoms with Gasteiger partial charge in [-0.25, -0.2) is 4.79 Å². The van der Waals surface area contributed by atoms with Gasteiger partial charge in [-0.3, -0.25) is 9.59 Å². The number of rotatable bonds is 54. The summed E-state index contributed by atoms with van der Waals surface area (Å²) in [5.41, 5.74) is 0. The first-order chi connectivity index (χ1) is 32.6. The summed E-state index contributed by atoms with van der Waals surface area (Å²) in [6.45, 7) is 4.80. The van der Waals surface area contributed by atoms with Crippen molar-refractivity contribution < 1.29 is 38.2 Å². The maximum Gasteiger partial charge on any atom is 0.362 e. The molecule has 0 heterocycles. The number of esters is 2. The molecule has 0 saturated heterocycles. The Morgan fingerprint density at radius 3 is 1.07 bits per heavy atom. The molecule has 0 aromatic carbocycles. The molecule has 0 fully saturated rings. The van der Waals surface area contributed by atoms with Crippen LogP contribution in [0.5, 0.6) is 0 Å². The fourth-order valence-corrected chi connectivity index (χ4v) is 9.15. The van der Waals surface area contributed by atoms with E-state index in [1.165, 1.54) is 225 Å².